The number of ether oxygens (including phenoxy) is 1. The van der Waals surface area contributed by atoms with Crippen molar-refractivity contribution in [1.82, 2.24) is 0 Å². The first-order valence-corrected chi connectivity index (χ1v) is 9.65. The highest BCUT2D eigenvalue weighted by atomic mass is 16.5. The number of anilines is 2. The lowest BCUT2D eigenvalue weighted by atomic mass is 10.0. The number of cyclic esters (lactones) is 1. The van der Waals surface area contributed by atoms with Crippen molar-refractivity contribution in [1.29, 1.82) is 0 Å². The lowest BCUT2D eigenvalue weighted by Gasteiger charge is -2.22. The first-order chi connectivity index (χ1) is 13.2. The summed E-state index contributed by atoms with van der Waals surface area (Å²) in [5, 5.41) is 2.91. The maximum Gasteiger partial charge on any atom is 0.339 e. The van der Waals surface area contributed by atoms with Crippen molar-refractivity contribution in [3.05, 3.63) is 59.7 Å². The molecule has 0 bridgehead atoms. The van der Waals surface area contributed by atoms with Crippen molar-refractivity contribution < 1.29 is 14.3 Å². The molecule has 2 aliphatic heterocycles. The van der Waals surface area contributed by atoms with E-state index in [0.29, 0.717) is 5.56 Å². The Morgan fingerprint density at radius 1 is 1.00 bits per heavy atom. The van der Waals surface area contributed by atoms with Gasteiger partial charge in [0.2, 0.25) is 5.91 Å². The Hall–Kier alpha value is -2.82. The largest absolute Gasteiger partial charge is 0.453 e. The molecule has 2 aliphatic rings. The normalized spacial score (nSPS) is 19.2. The quantitative estimate of drug-likeness (QED) is 0.822. The predicted molar refractivity (Wildman–Crippen MR) is 105 cm³/mol. The second kappa shape index (κ2) is 7.82. The van der Waals surface area contributed by atoms with Gasteiger partial charge in [0.05, 0.1) is 12.0 Å². The van der Waals surface area contributed by atoms with Gasteiger partial charge in [-0.1, -0.05) is 31.0 Å². The smallest absolute Gasteiger partial charge is 0.339 e. The first-order valence-electron chi connectivity index (χ1n) is 9.65. The van der Waals surface area contributed by atoms with E-state index in [0.717, 1.165) is 24.3 Å². The molecule has 4 rings (SSSR count). The van der Waals surface area contributed by atoms with E-state index >= 15 is 0 Å². The highest BCUT2D eigenvalue weighted by Gasteiger charge is 2.32. The maximum absolute atomic E-state index is 12.4. The molecule has 140 valence electrons. The van der Waals surface area contributed by atoms with Crippen LogP contribution in [0.5, 0.6) is 0 Å². The van der Waals surface area contributed by atoms with E-state index in [1.54, 1.807) is 12.1 Å². The van der Waals surface area contributed by atoms with E-state index < -0.39 is 6.10 Å². The monoisotopic (exact) mass is 364 g/mol. The van der Waals surface area contributed by atoms with Crippen LogP contribution in [-0.2, 0) is 9.53 Å². The summed E-state index contributed by atoms with van der Waals surface area (Å²) in [6, 6.07) is 15.2. The Balaban J connectivity index is 1.37. The van der Waals surface area contributed by atoms with Gasteiger partial charge in [-0.3, -0.25) is 4.79 Å². The molecular weight excluding hydrogens is 340 g/mol. The fourth-order valence-electron chi connectivity index (χ4n) is 3.84. The molecule has 27 heavy (non-hydrogen) atoms. The number of nitrogens with one attached hydrogen (secondary N) is 1. The third kappa shape index (κ3) is 3.97. The van der Waals surface area contributed by atoms with Crippen molar-refractivity contribution in [2.24, 2.45) is 0 Å². The van der Waals surface area contributed by atoms with Gasteiger partial charge in [-0.05, 0) is 43.2 Å². The molecule has 5 heteroatoms. The summed E-state index contributed by atoms with van der Waals surface area (Å²) in [6.45, 7) is 2.19. The molecule has 0 radical (unpaired) electrons. The Bertz CT molecular complexity index is 824. The van der Waals surface area contributed by atoms with Crippen LogP contribution in [0.15, 0.2) is 48.5 Å². The van der Waals surface area contributed by atoms with Crippen molar-refractivity contribution in [3.63, 3.8) is 0 Å². The van der Waals surface area contributed by atoms with Gasteiger partial charge in [0.15, 0.2) is 0 Å². The summed E-state index contributed by atoms with van der Waals surface area (Å²) >= 11 is 0. The zero-order chi connectivity index (χ0) is 18.6. The topological polar surface area (TPSA) is 58.6 Å². The van der Waals surface area contributed by atoms with Gasteiger partial charge in [0.1, 0.15) is 6.10 Å². The van der Waals surface area contributed by atoms with E-state index in [1.165, 1.54) is 31.4 Å². The minimum absolute atomic E-state index is 0.122. The number of carbonyl (C=O) groups is 2. The molecule has 2 aromatic carbocycles. The highest BCUT2D eigenvalue weighted by molar-refractivity contribution is 5.96. The molecular formula is C22H24N2O3. The van der Waals surface area contributed by atoms with Gasteiger partial charge in [-0.2, -0.15) is 0 Å². The molecule has 1 saturated heterocycles. The van der Waals surface area contributed by atoms with Crippen LogP contribution < -0.4 is 10.2 Å². The van der Waals surface area contributed by atoms with Crippen molar-refractivity contribution >= 4 is 23.3 Å². The minimum Gasteiger partial charge on any atom is -0.453 e. The summed E-state index contributed by atoms with van der Waals surface area (Å²) in [7, 11) is 0. The number of carbonyl (C=O) groups excluding carboxylic acids is 2. The molecule has 0 aromatic heterocycles. The molecule has 0 spiro atoms. The number of rotatable bonds is 4. The molecule has 1 unspecified atom stereocenters. The number of nitrogens with zero attached hydrogens (tertiary/aromatic N) is 1. The van der Waals surface area contributed by atoms with Crippen molar-refractivity contribution in [2.75, 3.05) is 23.3 Å². The van der Waals surface area contributed by atoms with Crippen LogP contribution in [0, 0.1) is 0 Å². The van der Waals surface area contributed by atoms with Crippen LogP contribution in [0.3, 0.4) is 0 Å². The first kappa shape index (κ1) is 17.6. The number of hydrogen-bond donors (Lipinski definition) is 1. The van der Waals surface area contributed by atoms with Crippen LogP contribution in [0.25, 0.3) is 0 Å². The van der Waals surface area contributed by atoms with Gasteiger partial charge in [0, 0.05) is 30.0 Å². The molecule has 1 atom stereocenters. The van der Waals surface area contributed by atoms with E-state index in [9.17, 15) is 9.59 Å². The predicted octanol–water partition coefficient (Wildman–Crippen LogP) is 4.31. The van der Waals surface area contributed by atoms with E-state index in [1.807, 2.05) is 24.3 Å². The van der Waals surface area contributed by atoms with Gasteiger partial charge >= 0.3 is 5.97 Å². The summed E-state index contributed by atoms with van der Waals surface area (Å²) in [6.07, 6.45) is 4.69. The molecule has 0 saturated carbocycles. The second-order valence-corrected chi connectivity index (χ2v) is 7.18. The van der Waals surface area contributed by atoms with E-state index in [-0.39, 0.29) is 18.3 Å². The van der Waals surface area contributed by atoms with Crippen LogP contribution in [-0.4, -0.2) is 25.0 Å². The lowest BCUT2D eigenvalue weighted by molar-refractivity contribution is -0.118. The minimum atomic E-state index is -0.509. The molecule has 1 N–H and O–H groups in total. The van der Waals surface area contributed by atoms with Gasteiger partial charge in [-0.15, -0.1) is 0 Å². The lowest BCUT2D eigenvalue weighted by Crippen LogP contribution is -2.23. The molecule has 1 fully saturated rings. The van der Waals surface area contributed by atoms with Gasteiger partial charge in [0.25, 0.3) is 0 Å². The summed E-state index contributed by atoms with van der Waals surface area (Å²) in [5.41, 5.74) is 3.30. The third-order valence-corrected chi connectivity index (χ3v) is 5.27. The van der Waals surface area contributed by atoms with E-state index in [4.69, 9.17) is 4.74 Å². The molecule has 5 nitrogen and oxygen atoms in total. The molecule has 2 aromatic rings. The Morgan fingerprint density at radius 3 is 2.44 bits per heavy atom. The average molecular weight is 364 g/mol. The number of benzene rings is 2. The average Bonchev–Trinajstić information content (AvgIpc) is 2.86. The molecule has 1 amide bonds. The van der Waals surface area contributed by atoms with Crippen LogP contribution in [0.2, 0.25) is 0 Å². The Kier molecular flexibility index (Phi) is 5.10. The number of amides is 1. The van der Waals surface area contributed by atoms with E-state index in [2.05, 4.69) is 22.3 Å². The summed E-state index contributed by atoms with van der Waals surface area (Å²) in [4.78, 5) is 26.7. The highest BCUT2D eigenvalue weighted by Crippen LogP contribution is 2.33. The zero-order valence-electron chi connectivity index (χ0n) is 15.3. The van der Waals surface area contributed by atoms with Crippen LogP contribution in [0.1, 0.15) is 54.1 Å². The fraction of sp³-hybridized carbons (Fsp3) is 0.364. The maximum atomic E-state index is 12.4. The van der Waals surface area contributed by atoms with Crippen LogP contribution >= 0.6 is 0 Å². The number of esters is 1. The number of fused-ring (bicyclic) bond motifs is 1. The SMILES string of the molecule is O=C(CC1OC(=O)c2ccccc21)Nc1ccc(N2CCCCCC2)cc1. The van der Waals surface area contributed by atoms with Crippen LogP contribution in [0.4, 0.5) is 11.4 Å². The third-order valence-electron chi connectivity index (χ3n) is 5.27. The Morgan fingerprint density at radius 2 is 1.70 bits per heavy atom. The molecule has 0 aliphatic carbocycles. The zero-order valence-corrected chi connectivity index (χ0v) is 15.3. The van der Waals surface area contributed by atoms with Gasteiger partial charge < -0.3 is 15.0 Å². The van der Waals surface area contributed by atoms with Crippen molar-refractivity contribution in [2.45, 2.75) is 38.2 Å². The Labute approximate surface area is 159 Å². The standard InChI is InChI=1S/C22H24N2O3/c25-21(15-20-18-7-3-4-8-19(18)22(26)27-20)23-16-9-11-17(12-10-16)24-13-5-1-2-6-14-24/h3-4,7-12,20H,1-2,5-6,13-15H2,(H,23,25). The van der Waals surface area contributed by atoms with Gasteiger partial charge in [-0.25, -0.2) is 4.79 Å². The molecule has 2 heterocycles. The fourth-order valence-corrected chi connectivity index (χ4v) is 3.84. The second-order valence-electron chi connectivity index (χ2n) is 7.18. The summed E-state index contributed by atoms with van der Waals surface area (Å²) in [5.74, 6) is -0.516. The van der Waals surface area contributed by atoms with Crippen molar-refractivity contribution in [3.8, 4) is 0 Å². The number of hydrogen-bond acceptors (Lipinski definition) is 4. The summed E-state index contributed by atoms with van der Waals surface area (Å²) < 4.78 is 5.34.